The van der Waals surface area contributed by atoms with E-state index in [1.807, 2.05) is 44.5 Å². The van der Waals surface area contributed by atoms with Gasteiger partial charge in [-0.25, -0.2) is 23.9 Å². The lowest BCUT2D eigenvalue weighted by Gasteiger charge is -2.32. The molecule has 206 valence electrons. The molecule has 0 bridgehead atoms. The first-order valence-electron chi connectivity index (χ1n) is 13.4. The average molecular weight is 542 g/mol. The normalized spacial score (nSPS) is 20.0. The Labute approximate surface area is 232 Å². The number of hydrogen-bond acceptors (Lipinski definition) is 8. The minimum absolute atomic E-state index is 0.352. The maximum atomic E-state index is 13.3. The summed E-state index contributed by atoms with van der Waals surface area (Å²) in [5.41, 5.74) is 1.74. The van der Waals surface area contributed by atoms with E-state index in [0.29, 0.717) is 23.5 Å². The van der Waals surface area contributed by atoms with Crippen LogP contribution in [-0.4, -0.2) is 61.1 Å². The molecule has 1 N–H and O–H groups in total. The van der Waals surface area contributed by atoms with Crippen molar-refractivity contribution in [1.82, 2.24) is 24.6 Å². The van der Waals surface area contributed by atoms with Crippen molar-refractivity contribution in [3.63, 3.8) is 0 Å². The molecule has 0 radical (unpaired) electrons. The molecule has 11 heteroatoms. The lowest BCUT2D eigenvalue weighted by atomic mass is 9.81. The Hall–Kier alpha value is -3.67. The molecule has 3 aromatic heterocycles. The summed E-state index contributed by atoms with van der Waals surface area (Å²) in [6, 6.07) is 7.82. The Kier molecular flexibility index (Phi) is 6.28. The van der Waals surface area contributed by atoms with Gasteiger partial charge in [0, 0.05) is 42.7 Å². The first-order chi connectivity index (χ1) is 18.9. The largest absolute Gasteiger partial charge is 0.496 e. The van der Waals surface area contributed by atoms with E-state index in [1.165, 1.54) is 12.1 Å². The highest BCUT2D eigenvalue weighted by atomic mass is 19.1. The Morgan fingerprint density at radius 3 is 2.30 bits per heavy atom. The minimum atomic E-state index is -1.33. The summed E-state index contributed by atoms with van der Waals surface area (Å²) in [6.45, 7) is 11.2. The minimum Gasteiger partial charge on any atom is -0.399 e. The highest BCUT2D eigenvalue weighted by molar-refractivity contribution is 6.62. The van der Waals surface area contributed by atoms with Crippen LogP contribution in [0.1, 0.15) is 58.0 Å². The van der Waals surface area contributed by atoms with Gasteiger partial charge in [0.2, 0.25) is 0 Å². The molecule has 5 heterocycles. The molecule has 0 amide bonds. The van der Waals surface area contributed by atoms with E-state index in [2.05, 4.69) is 31.0 Å². The monoisotopic (exact) mass is 542 g/mol. The van der Waals surface area contributed by atoms with Crippen LogP contribution in [0.5, 0.6) is 0 Å². The Morgan fingerprint density at radius 2 is 1.68 bits per heavy atom. The van der Waals surface area contributed by atoms with E-state index in [1.54, 1.807) is 37.8 Å². The van der Waals surface area contributed by atoms with Gasteiger partial charge in [0.25, 0.3) is 0 Å². The zero-order valence-corrected chi connectivity index (χ0v) is 23.3. The Morgan fingerprint density at radius 1 is 1.00 bits per heavy atom. The Bertz CT molecular complexity index is 1570. The van der Waals surface area contributed by atoms with Crippen LogP contribution in [0.25, 0.3) is 11.1 Å². The zero-order chi connectivity index (χ0) is 28.3. The van der Waals surface area contributed by atoms with Crippen LogP contribution < -0.4 is 10.4 Å². The molecule has 2 aliphatic heterocycles. The van der Waals surface area contributed by atoms with Crippen LogP contribution in [0.4, 0.5) is 10.2 Å². The molecule has 2 aliphatic rings. The number of aromatic nitrogens is 5. The van der Waals surface area contributed by atoms with Gasteiger partial charge in [-0.3, -0.25) is 0 Å². The lowest BCUT2D eigenvalue weighted by molar-refractivity contribution is 0.00578. The predicted molar refractivity (Wildman–Crippen MR) is 151 cm³/mol. The summed E-state index contributed by atoms with van der Waals surface area (Å²) >= 11 is 0. The van der Waals surface area contributed by atoms with Crippen LogP contribution in [-0.2, 0) is 14.9 Å². The first-order valence-corrected chi connectivity index (χ1v) is 13.4. The molecule has 1 aromatic carbocycles. The summed E-state index contributed by atoms with van der Waals surface area (Å²) in [5.74, 6) is 1.10. The second kappa shape index (κ2) is 9.47. The topological polar surface area (TPSA) is 97.9 Å². The highest BCUT2D eigenvalue weighted by Crippen LogP contribution is 2.37. The second-order valence-corrected chi connectivity index (χ2v) is 11.6. The first kappa shape index (κ1) is 26.6. The van der Waals surface area contributed by atoms with E-state index in [0.717, 1.165) is 35.3 Å². The number of aliphatic hydroxyl groups is 1. The number of halogens is 1. The maximum Gasteiger partial charge on any atom is 0.496 e. The molecular formula is C29H32BFN6O3. The van der Waals surface area contributed by atoms with Crippen LogP contribution in [0, 0.1) is 5.82 Å². The van der Waals surface area contributed by atoms with E-state index >= 15 is 0 Å². The number of fused-ring (bicyclic) bond motifs is 1. The quantitative estimate of drug-likeness (QED) is 0.383. The van der Waals surface area contributed by atoms with Gasteiger partial charge in [-0.05, 0) is 70.4 Å². The molecule has 9 nitrogen and oxygen atoms in total. The van der Waals surface area contributed by atoms with Gasteiger partial charge < -0.3 is 19.3 Å². The van der Waals surface area contributed by atoms with Crippen molar-refractivity contribution in [3.8, 4) is 0 Å². The predicted octanol–water partition coefficient (Wildman–Crippen LogP) is 3.51. The molecule has 1 fully saturated rings. The number of rotatable bonds is 5. The van der Waals surface area contributed by atoms with E-state index in [9.17, 15) is 9.50 Å². The zero-order valence-electron chi connectivity index (χ0n) is 23.3. The van der Waals surface area contributed by atoms with Gasteiger partial charge in [0.15, 0.2) is 11.6 Å². The summed E-state index contributed by atoms with van der Waals surface area (Å²) in [5, 5.41) is 15.5. The van der Waals surface area contributed by atoms with Crippen LogP contribution in [0.3, 0.4) is 0 Å². The fourth-order valence-electron chi connectivity index (χ4n) is 5.04. The van der Waals surface area contributed by atoms with E-state index in [-0.39, 0.29) is 5.82 Å². The lowest BCUT2D eigenvalue weighted by Crippen LogP contribution is -2.41. The van der Waals surface area contributed by atoms with Crippen molar-refractivity contribution in [2.45, 2.75) is 57.8 Å². The molecule has 0 aliphatic carbocycles. The summed E-state index contributed by atoms with van der Waals surface area (Å²) in [6.07, 6.45) is 9.59. The van der Waals surface area contributed by atoms with Gasteiger partial charge >= 0.3 is 7.12 Å². The summed E-state index contributed by atoms with van der Waals surface area (Å²) in [7, 11) is -0.476. The fraction of sp³-hybridized carbons (Fsp3) is 0.379. The SMILES string of the molecule is CC1(C)OB(c2cc3c(N4CC=C(c5ncc([C@@](C)(O)c6ccc(F)cc6)cn5)CC4)ncnn3c2)OC1(C)C. The van der Waals surface area contributed by atoms with Crippen LogP contribution >= 0.6 is 0 Å². The van der Waals surface area contributed by atoms with Gasteiger partial charge in [0.05, 0.1) is 11.2 Å². The van der Waals surface area contributed by atoms with E-state index in [4.69, 9.17) is 9.31 Å². The van der Waals surface area contributed by atoms with Crippen molar-refractivity contribution in [2.24, 2.45) is 0 Å². The van der Waals surface area contributed by atoms with Crippen molar-refractivity contribution in [1.29, 1.82) is 0 Å². The summed E-state index contributed by atoms with van der Waals surface area (Å²) in [4.78, 5) is 15.9. The fourth-order valence-corrected chi connectivity index (χ4v) is 5.04. The molecule has 0 unspecified atom stereocenters. The molecular weight excluding hydrogens is 510 g/mol. The van der Waals surface area contributed by atoms with Crippen molar-refractivity contribution in [3.05, 3.63) is 84.1 Å². The highest BCUT2D eigenvalue weighted by Gasteiger charge is 2.52. The average Bonchev–Trinajstić information content (AvgIpc) is 3.46. The van der Waals surface area contributed by atoms with Crippen molar-refractivity contribution in [2.75, 3.05) is 18.0 Å². The third kappa shape index (κ3) is 4.57. The molecule has 6 rings (SSSR count). The number of benzene rings is 1. The van der Waals surface area contributed by atoms with Gasteiger partial charge in [-0.15, -0.1) is 0 Å². The molecule has 4 aromatic rings. The smallest absolute Gasteiger partial charge is 0.399 e. The van der Waals surface area contributed by atoms with Gasteiger partial charge in [0.1, 0.15) is 23.3 Å². The van der Waals surface area contributed by atoms with Crippen molar-refractivity contribution < 1.29 is 18.8 Å². The molecule has 40 heavy (non-hydrogen) atoms. The van der Waals surface area contributed by atoms with Gasteiger partial charge in [-0.1, -0.05) is 18.2 Å². The summed E-state index contributed by atoms with van der Waals surface area (Å²) < 4.78 is 27.6. The Balaban J connectivity index is 1.19. The third-order valence-electron chi connectivity index (χ3n) is 8.35. The second-order valence-electron chi connectivity index (χ2n) is 11.6. The number of hydrogen-bond donors (Lipinski definition) is 1. The number of anilines is 1. The van der Waals surface area contributed by atoms with Crippen LogP contribution in [0.2, 0.25) is 0 Å². The molecule has 0 saturated carbocycles. The standard InChI is InChI=1S/C29H32BFN6O3/c1-27(2)28(3,4)40-30(39-27)22-14-24-26(34-18-35-37(24)17-22)36-12-10-19(11-13-36)25-32-15-21(16-33-25)29(5,38)20-6-8-23(31)9-7-20/h6-10,14-18,38H,11-13H2,1-5H3/t29-/m0/s1. The molecule has 0 spiro atoms. The van der Waals surface area contributed by atoms with E-state index < -0.39 is 23.9 Å². The molecule has 1 atom stereocenters. The van der Waals surface area contributed by atoms with Crippen molar-refractivity contribution >= 4 is 29.5 Å². The van der Waals surface area contributed by atoms with Gasteiger partial charge in [-0.2, -0.15) is 5.10 Å². The molecule has 1 saturated heterocycles. The van der Waals surface area contributed by atoms with Crippen LogP contribution in [0.15, 0.2) is 61.3 Å². The maximum absolute atomic E-state index is 13.3. The number of nitrogens with zero attached hydrogens (tertiary/aromatic N) is 6. The third-order valence-corrected chi connectivity index (χ3v) is 8.35.